The zero-order valence-electron chi connectivity index (χ0n) is 8.23. The lowest BCUT2D eigenvalue weighted by Crippen LogP contribution is -2.30. The lowest BCUT2D eigenvalue weighted by Gasteiger charge is -2.18. The van der Waals surface area contributed by atoms with E-state index in [2.05, 4.69) is 4.98 Å². The van der Waals surface area contributed by atoms with Crippen LogP contribution in [-0.4, -0.2) is 31.7 Å². The Bertz CT molecular complexity index is 328. The summed E-state index contributed by atoms with van der Waals surface area (Å²) >= 11 is 0. The zero-order chi connectivity index (χ0) is 10.6. The van der Waals surface area contributed by atoms with Crippen LogP contribution in [0.3, 0.4) is 0 Å². The van der Waals surface area contributed by atoms with E-state index in [1.165, 1.54) is 18.2 Å². The van der Waals surface area contributed by atoms with Gasteiger partial charge in [0.15, 0.2) is 0 Å². The third-order valence-electron chi connectivity index (χ3n) is 1.83. The van der Waals surface area contributed by atoms with Gasteiger partial charge in [0.05, 0.1) is 17.6 Å². The van der Waals surface area contributed by atoms with Gasteiger partial charge in [0, 0.05) is 20.4 Å². The fourth-order valence-corrected chi connectivity index (χ4v) is 1.06. The van der Waals surface area contributed by atoms with Gasteiger partial charge in [-0.2, -0.15) is 0 Å². The van der Waals surface area contributed by atoms with E-state index in [1.807, 2.05) is 0 Å². The number of methoxy groups -OCH3 is 1. The Morgan fingerprint density at radius 3 is 3.00 bits per heavy atom. The number of hydrogen-bond donors (Lipinski definition) is 1. The quantitative estimate of drug-likeness (QED) is 0.751. The van der Waals surface area contributed by atoms with Gasteiger partial charge in [0.25, 0.3) is 5.91 Å². The summed E-state index contributed by atoms with van der Waals surface area (Å²) < 4.78 is 4.74. The Balaban J connectivity index is 2.84. The summed E-state index contributed by atoms with van der Waals surface area (Å²) in [4.78, 5) is 16.7. The molecule has 5 nitrogen and oxygen atoms in total. The summed E-state index contributed by atoms with van der Waals surface area (Å²) in [6, 6.07) is 1.68. The van der Waals surface area contributed by atoms with Crippen molar-refractivity contribution in [2.45, 2.75) is 0 Å². The van der Waals surface area contributed by atoms with Crippen molar-refractivity contribution in [2.75, 3.05) is 31.4 Å². The molecule has 5 heteroatoms. The van der Waals surface area contributed by atoms with Crippen LogP contribution in [-0.2, 0) is 9.53 Å². The molecule has 0 aliphatic heterocycles. The number of nitrogens with zero attached hydrogens (tertiary/aromatic N) is 2. The minimum absolute atomic E-state index is 0.0399. The number of likely N-dealkylation sites (N-methyl/N-ethyl adjacent to an activating group) is 1. The maximum absolute atomic E-state index is 11.4. The van der Waals surface area contributed by atoms with E-state index < -0.39 is 0 Å². The Labute approximate surface area is 82.5 Å². The van der Waals surface area contributed by atoms with Gasteiger partial charge in [0.1, 0.15) is 6.61 Å². The topological polar surface area (TPSA) is 68.5 Å². The smallest absolute Gasteiger partial charge is 0.252 e. The van der Waals surface area contributed by atoms with Crippen LogP contribution < -0.4 is 10.6 Å². The summed E-state index contributed by atoms with van der Waals surface area (Å²) in [6.07, 6.45) is 3.09. The highest BCUT2D eigenvalue weighted by atomic mass is 16.5. The summed E-state index contributed by atoms with van der Waals surface area (Å²) in [5, 5.41) is 0. The predicted octanol–water partition coefficient (Wildman–Crippen LogP) is 0.273. The number of aromatic nitrogens is 1. The van der Waals surface area contributed by atoms with E-state index in [0.29, 0.717) is 11.4 Å². The van der Waals surface area contributed by atoms with Gasteiger partial charge in [-0.25, -0.2) is 0 Å². The summed E-state index contributed by atoms with van der Waals surface area (Å²) in [7, 11) is 3.12. The number of nitrogen functional groups attached to an aromatic ring is 1. The molecule has 0 fully saturated rings. The first kappa shape index (κ1) is 10.5. The summed E-state index contributed by atoms with van der Waals surface area (Å²) in [6.45, 7) is 0.0399. The number of nitrogens with two attached hydrogens (primary N) is 1. The third kappa shape index (κ3) is 2.20. The van der Waals surface area contributed by atoms with Gasteiger partial charge in [0.2, 0.25) is 0 Å². The molecule has 1 rings (SSSR count). The number of pyridine rings is 1. The Morgan fingerprint density at radius 1 is 1.71 bits per heavy atom. The molecular formula is C9H13N3O2. The van der Waals surface area contributed by atoms with Gasteiger partial charge in [-0.1, -0.05) is 0 Å². The maximum atomic E-state index is 11.4. The van der Waals surface area contributed by atoms with Gasteiger partial charge in [-0.15, -0.1) is 0 Å². The number of rotatable bonds is 3. The van der Waals surface area contributed by atoms with Crippen molar-refractivity contribution < 1.29 is 9.53 Å². The van der Waals surface area contributed by atoms with Gasteiger partial charge < -0.3 is 15.4 Å². The second-order valence-corrected chi connectivity index (χ2v) is 2.82. The minimum Gasteiger partial charge on any atom is -0.396 e. The Hall–Kier alpha value is -1.62. The highest BCUT2D eigenvalue weighted by Crippen LogP contribution is 2.19. The molecule has 0 atom stereocenters. The first-order chi connectivity index (χ1) is 6.66. The van der Waals surface area contributed by atoms with E-state index in [4.69, 9.17) is 10.5 Å². The molecule has 14 heavy (non-hydrogen) atoms. The van der Waals surface area contributed by atoms with Crippen LogP contribution in [0.4, 0.5) is 11.4 Å². The highest BCUT2D eigenvalue weighted by molar-refractivity contribution is 5.96. The number of ether oxygens (including phenoxy) is 1. The molecule has 0 aliphatic rings. The highest BCUT2D eigenvalue weighted by Gasteiger charge is 2.12. The van der Waals surface area contributed by atoms with Crippen molar-refractivity contribution in [3.63, 3.8) is 0 Å². The number of hydrogen-bond acceptors (Lipinski definition) is 4. The van der Waals surface area contributed by atoms with E-state index in [0.717, 1.165) is 0 Å². The third-order valence-corrected chi connectivity index (χ3v) is 1.83. The second kappa shape index (κ2) is 4.57. The zero-order valence-corrected chi connectivity index (χ0v) is 8.23. The molecule has 76 valence electrons. The molecule has 0 saturated heterocycles. The molecule has 1 heterocycles. The van der Waals surface area contributed by atoms with Gasteiger partial charge in [-0.3, -0.25) is 9.78 Å². The van der Waals surface area contributed by atoms with E-state index >= 15 is 0 Å². The number of anilines is 2. The van der Waals surface area contributed by atoms with Crippen LogP contribution in [0.15, 0.2) is 18.5 Å². The van der Waals surface area contributed by atoms with E-state index in [-0.39, 0.29) is 12.5 Å². The van der Waals surface area contributed by atoms with Crippen LogP contribution in [0, 0.1) is 0 Å². The molecule has 0 unspecified atom stereocenters. The van der Waals surface area contributed by atoms with Gasteiger partial charge >= 0.3 is 0 Å². The average Bonchev–Trinajstić information content (AvgIpc) is 2.18. The molecule has 2 N–H and O–H groups in total. The van der Waals surface area contributed by atoms with E-state index in [9.17, 15) is 4.79 Å². The first-order valence-corrected chi connectivity index (χ1v) is 4.11. The van der Waals surface area contributed by atoms with Gasteiger partial charge in [-0.05, 0) is 6.07 Å². The van der Waals surface area contributed by atoms with E-state index in [1.54, 1.807) is 19.3 Å². The van der Waals surface area contributed by atoms with Crippen LogP contribution in [0.2, 0.25) is 0 Å². The maximum Gasteiger partial charge on any atom is 0.252 e. The number of amides is 1. The van der Waals surface area contributed by atoms with Crippen molar-refractivity contribution in [1.29, 1.82) is 0 Å². The molecule has 0 saturated carbocycles. The molecule has 0 spiro atoms. The lowest BCUT2D eigenvalue weighted by atomic mass is 10.3. The summed E-state index contributed by atoms with van der Waals surface area (Å²) in [5.74, 6) is -0.148. The largest absolute Gasteiger partial charge is 0.396 e. The fourth-order valence-electron chi connectivity index (χ4n) is 1.06. The Kier molecular flexibility index (Phi) is 3.41. The monoisotopic (exact) mass is 195 g/mol. The molecule has 0 bridgehead atoms. The SMILES string of the molecule is COCC(=O)N(C)c1ccncc1N. The van der Waals surface area contributed by atoms with Crippen LogP contribution >= 0.6 is 0 Å². The molecule has 1 aromatic rings. The minimum atomic E-state index is -0.148. The first-order valence-electron chi connectivity index (χ1n) is 4.11. The van der Waals surface area contributed by atoms with Crippen LogP contribution in [0.5, 0.6) is 0 Å². The number of carbonyl (C=O) groups excluding carboxylic acids is 1. The normalized spacial score (nSPS) is 9.86. The van der Waals surface area contributed by atoms with Crippen LogP contribution in [0.25, 0.3) is 0 Å². The number of carbonyl (C=O) groups is 1. The summed E-state index contributed by atoms with van der Waals surface area (Å²) in [5.41, 5.74) is 6.77. The second-order valence-electron chi connectivity index (χ2n) is 2.82. The van der Waals surface area contributed by atoms with Crippen molar-refractivity contribution in [2.24, 2.45) is 0 Å². The molecule has 0 aliphatic carbocycles. The van der Waals surface area contributed by atoms with Crippen molar-refractivity contribution >= 4 is 17.3 Å². The van der Waals surface area contributed by atoms with Crippen molar-refractivity contribution in [3.8, 4) is 0 Å². The molecule has 0 aromatic carbocycles. The average molecular weight is 195 g/mol. The van der Waals surface area contributed by atoms with Crippen molar-refractivity contribution in [3.05, 3.63) is 18.5 Å². The molecule has 1 aromatic heterocycles. The Morgan fingerprint density at radius 2 is 2.43 bits per heavy atom. The predicted molar refractivity (Wildman–Crippen MR) is 53.9 cm³/mol. The molecule has 0 radical (unpaired) electrons. The molecular weight excluding hydrogens is 182 g/mol. The fraction of sp³-hybridized carbons (Fsp3) is 0.333. The lowest BCUT2D eigenvalue weighted by molar-refractivity contribution is -0.121. The standard InChI is InChI=1S/C9H13N3O2/c1-12(9(13)6-14-2)8-3-4-11-5-7(8)10/h3-5H,6,10H2,1-2H3. The van der Waals surface area contributed by atoms with Crippen LogP contribution in [0.1, 0.15) is 0 Å². The van der Waals surface area contributed by atoms with Crippen molar-refractivity contribution in [1.82, 2.24) is 4.98 Å². The molecule has 1 amide bonds.